The molecule has 0 atom stereocenters. The Balaban J connectivity index is 1.42. The summed E-state index contributed by atoms with van der Waals surface area (Å²) in [5.74, 6) is 0.957. The number of hydrogen-bond acceptors (Lipinski definition) is 5. The van der Waals surface area contributed by atoms with E-state index in [1.807, 2.05) is 18.3 Å². The summed E-state index contributed by atoms with van der Waals surface area (Å²) in [5, 5.41) is 9.81. The second-order valence-corrected chi connectivity index (χ2v) is 6.90. The van der Waals surface area contributed by atoms with Gasteiger partial charge in [0.15, 0.2) is 5.96 Å². The van der Waals surface area contributed by atoms with Crippen LogP contribution in [0.15, 0.2) is 58.4 Å². The molecule has 1 fully saturated rings. The second-order valence-electron chi connectivity index (χ2n) is 6.90. The van der Waals surface area contributed by atoms with Gasteiger partial charge in [-0.05, 0) is 18.4 Å². The Labute approximate surface area is 165 Å². The van der Waals surface area contributed by atoms with E-state index in [1.165, 1.54) is 10.8 Å². The van der Waals surface area contributed by atoms with E-state index >= 15 is 0 Å². The van der Waals surface area contributed by atoms with Crippen molar-refractivity contribution in [2.24, 2.45) is 4.99 Å². The summed E-state index contributed by atoms with van der Waals surface area (Å²) in [4.78, 5) is 14.2. The number of rotatable bonds is 5. The average Bonchev–Trinajstić information content (AvgIpc) is 3.25. The summed E-state index contributed by atoms with van der Waals surface area (Å²) in [6.45, 7) is 8.18. The van der Waals surface area contributed by atoms with Crippen molar-refractivity contribution < 1.29 is 4.52 Å². The molecule has 0 unspecified atom stereocenters. The molecule has 1 saturated heterocycles. The van der Waals surface area contributed by atoms with Crippen LogP contribution in [0.3, 0.4) is 0 Å². The van der Waals surface area contributed by atoms with Gasteiger partial charge in [0, 0.05) is 56.9 Å². The fourth-order valence-corrected chi connectivity index (χ4v) is 3.55. The topological polar surface area (TPSA) is 69.8 Å². The molecule has 4 rings (SSSR count). The average molecular weight is 378 g/mol. The zero-order valence-electron chi connectivity index (χ0n) is 16.2. The Morgan fingerprint density at radius 1 is 1.14 bits per heavy atom. The number of aliphatic imine (C=N–C) groups is 1. The molecule has 0 saturated carbocycles. The number of nitrogens with one attached hydrogen (secondary N) is 1. The van der Waals surface area contributed by atoms with Crippen LogP contribution < -0.4 is 5.32 Å². The molecule has 0 bridgehead atoms. The van der Waals surface area contributed by atoms with Crippen molar-refractivity contribution in [3.8, 4) is 0 Å². The summed E-state index contributed by atoms with van der Waals surface area (Å²) >= 11 is 0. The van der Waals surface area contributed by atoms with Crippen molar-refractivity contribution in [2.45, 2.75) is 20.0 Å². The molecule has 7 nitrogen and oxygen atoms in total. The fourth-order valence-electron chi connectivity index (χ4n) is 3.55. The quantitative estimate of drug-likeness (QED) is 0.543. The minimum absolute atomic E-state index is 0.572. The van der Waals surface area contributed by atoms with Crippen LogP contribution in [0.25, 0.3) is 10.8 Å². The Kier molecular flexibility index (Phi) is 5.82. The molecular weight excluding hydrogens is 352 g/mol. The summed E-state index contributed by atoms with van der Waals surface area (Å²) in [6.07, 6.45) is 3.49. The van der Waals surface area contributed by atoms with E-state index in [-0.39, 0.29) is 0 Å². The Hall–Kier alpha value is -2.93. The van der Waals surface area contributed by atoms with Crippen molar-refractivity contribution in [1.29, 1.82) is 0 Å². The number of piperazine rings is 1. The van der Waals surface area contributed by atoms with Gasteiger partial charge in [0.1, 0.15) is 6.26 Å². The maximum atomic E-state index is 4.93. The molecule has 3 aromatic rings. The van der Waals surface area contributed by atoms with Gasteiger partial charge >= 0.3 is 0 Å². The van der Waals surface area contributed by atoms with E-state index in [9.17, 15) is 0 Å². The number of hydrogen-bond donors (Lipinski definition) is 1. The molecule has 0 aliphatic carbocycles. The first-order valence-electron chi connectivity index (χ1n) is 9.81. The van der Waals surface area contributed by atoms with Crippen molar-refractivity contribution in [1.82, 2.24) is 25.3 Å². The lowest BCUT2D eigenvalue weighted by molar-refractivity contribution is 0.169. The lowest BCUT2D eigenvalue weighted by atomic mass is 10.1. The Morgan fingerprint density at radius 3 is 2.79 bits per heavy atom. The van der Waals surface area contributed by atoms with E-state index in [4.69, 9.17) is 9.52 Å². The third kappa shape index (κ3) is 4.31. The number of nitrogens with zero attached hydrogens (tertiary/aromatic N) is 5. The van der Waals surface area contributed by atoms with E-state index in [2.05, 4.69) is 56.4 Å². The van der Waals surface area contributed by atoms with Crippen LogP contribution in [0, 0.1) is 0 Å². The van der Waals surface area contributed by atoms with Gasteiger partial charge in [-0.25, -0.2) is 4.99 Å². The molecule has 1 aromatic carbocycles. The predicted octanol–water partition coefficient (Wildman–Crippen LogP) is 2.51. The number of fused-ring (bicyclic) bond motifs is 1. The summed E-state index contributed by atoms with van der Waals surface area (Å²) in [7, 11) is 0. The normalized spacial score (nSPS) is 15.9. The molecule has 1 aliphatic heterocycles. The monoisotopic (exact) mass is 378 g/mol. The van der Waals surface area contributed by atoms with E-state index in [0.29, 0.717) is 6.54 Å². The largest absolute Gasteiger partial charge is 0.364 e. The van der Waals surface area contributed by atoms with Crippen molar-refractivity contribution >= 4 is 16.7 Å². The van der Waals surface area contributed by atoms with Crippen LogP contribution in [0.2, 0.25) is 0 Å². The third-order valence-electron chi connectivity index (χ3n) is 5.02. The molecule has 1 N–H and O–H groups in total. The third-order valence-corrected chi connectivity index (χ3v) is 5.02. The number of aromatic nitrogens is 2. The molecule has 28 heavy (non-hydrogen) atoms. The predicted molar refractivity (Wildman–Crippen MR) is 110 cm³/mol. The maximum Gasteiger partial charge on any atom is 0.194 e. The van der Waals surface area contributed by atoms with Gasteiger partial charge in [0.05, 0.1) is 17.9 Å². The molecule has 7 heteroatoms. The SMILES string of the molecule is CCNC(=NCc1nccc2ccccc12)N1CCN(Cc2ccon2)CC1. The Morgan fingerprint density at radius 2 is 2.00 bits per heavy atom. The molecule has 0 spiro atoms. The smallest absolute Gasteiger partial charge is 0.194 e. The maximum absolute atomic E-state index is 4.93. The minimum atomic E-state index is 0.572. The van der Waals surface area contributed by atoms with Crippen LogP contribution in [0.4, 0.5) is 0 Å². The molecular formula is C21H26N6O. The molecule has 2 aromatic heterocycles. The van der Waals surface area contributed by atoms with Gasteiger partial charge in [0.2, 0.25) is 0 Å². The highest BCUT2D eigenvalue weighted by Crippen LogP contribution is 2.17. The molecule has 146 valence electrons. The molecule has 0 amide bonds. The summed E-state index contributed by atoms with van der Waals surface area (Å²) in [5.41, 5.74) is 1.99. The number of benzene rings is 1. The first-order valence-corrected chi connectivity index (χ1v) is 9.81. The van der Waals surface area contributed by atoms with Gasteiger partial charge < -0.3 is 14.7 Å². The van der Waals surface area contributed by atoms with Crippen LogP contribution in [-0.2, 0) is 13.1 Å². The minimum Gasteiger partial charge on any atom is -0.364 e. The molecule has 3 heterocycles. The first kappa shape index (κ1) is 18.4. The van der Waals surface area contributed by atoms with Crippen LogP contribution >= 0.6 is 0 Å². The second kappa shape index (κ2) is 8.84. The van der Waals surface area contributed by atoms with Crippen molar-refractivity contribution in [2.75, 3.05) is 32.7 Å². The zero-order chi connectivity index (χ0) is 19.2. The van der Waals surface area contributed by atoms with E-state index < -0.39 is 0 Å². The van der Waals surface area contributed by atoms with Gasteiger partial charge in [-0.2, -0.15) is 0 Å². The van der Waals surface area contributed by atoms with Crippen molar-refractivity contribution in [3.63, 3.8) is 0 Å². The Bertz CT molecular complexity index is 910. The van der Waals surface area contributed by atoms with Crippen molar-refractivity contribution in [3.05, 3.63) is 60.2 Å². The standard InChI is InChI=1S/C21H26N6O/c1-2-22-21(24-15-20-19-6-4-3-5-17(19)7-9-23-20)27-12-10-26(11-13-27)16-18-8-14-28-25-18/h3-9,14H,2,10-13,15-16H2,1H3,(H,22,24). The highest BCUT2D eigenvalue weighted by atomic mass is 16.5. The number of guanidine groups is 1. The highest BCUT2D eigenvalue weighted by molar-refractivity contribution is 5.85. The lowest BCUT2D eigenvalue weighted by Crippen LogP contribution is -2.52. The fraction of sp³-hybridized carbons (Fsp3) is 0.381. The van der Waals surface area contributed by atoms with Gasteiger partial charge in [0.25, 0.3) is 0 Å². The van der Waals surface area contributed by atoms with Crippen LogP contribution in [-0.4, -0.2) is 58.6 Å². The highest BCUT2D eigenvalue weighted by Gasteiger charge is 2.20. The summed E-state index contributed by atoms with van der Waals surface area (Å²) in [6, 6.07) is 12.3. The molecule has 1 aliphatic rings. The zero-order valence-corrected chi connectivity index (χ0v) is 16.2. The lowest BCUT2D eigenvalue weighted by Gasteiger charge is -2.36. The molecule has 0 radical (unpaired) electrons. The first-order chi connectivity index (χ1) is 13.8. The number of pyridine rings is 1. The van der Waals surface area contributed by atoms with Crippen LogP contribution in [0.5, 0.6) is 0 Å². The van der Waals surface area contributed by atoms with E-state index in [1.54, 1.807) is 6.26 Å². The van der Waals surface area contributed by atoms with Gasteiger partial charge in [-0.1, -0.05) is 29.4 Å². The summed E-state index contributed by atoms with van der Waals surface area (Å²) < 4.78 is 4.93. The van der Waals surface area contributed by atoms with Crippen LogP contribution in [0.1, 0.15) is 18.3 Å². The van der Waals surface area contributed by atoms with Gasteiger partial charge in [-0.3, -0.25) is 9.88 Å². The van der Waals surface area contributed by atoms with Gasteiger partial charge in [-0.15, -0.1) is 0 Å². The van der Waals surface area contributed by atoms with E-state index in [0.717, 1.165) is 56.6 Å².